The molecular formula is C12H16BrN5. The summed E-state index contributed by atoms with van der Waals surface area (Å²) in [7, 11) is 0. The second-order valence-corrected chi connectivity index (χ2v) is 6.17. The lowest BCUT2D eigenvalue weighted by atomic mass is 9.91. The van der Waals surface area contributed by atoms with Gasteiger partial charge in [0.05, 0.1) is 10.2 Å². The van der Waals surface area contributed by atoms with E-state index < -0.39 is 0 Å². The normalized spacial score (nSPS) is 11.8. The fourth-order valence-electron chi connectivity index (χ4n) is 1.66. The van der Waals surface area contributed by atoms with Gasteiger partial charge in [0.1, 0.15) is 5.82 Å². The molecule has 2 aromatic heterocycles. The molecule has 0 atom stereocenters. The maximum Gasteiger partial charge on any atom is 0.178 e. The first-order chi connectivity index (χ1) is 8.38. The van der Waals surface area contributed by atoms with E-state index in [0.29, 0.717) is 11.6 Å². The lowest BCUT2D eigenvalue weighted by molar-refractivity contribution is 0.404. The van der Waals surface area contributed by atoms with Crippen LogP contribution in [-0.4, -0.2) is 20.0 Å². The molecule has 18 heavy (non-hydrogen) atoms. The summed E-state index contributed by atoms with van der Waals surface area (Å²) in [4.78, 5) is 0. The van der Waals surface area contributed by atoms with Crippen molar-refractivity contribution in [2.75, 3.05) is 5.73 Å². The molecule has 0 unspecified atom stereocenters. The number of anilines is 1. The Morgan fingerprint density at radius 1 is 1.39 bits per heavy atom. The third-order valence-electron chi connectivity index (χ3n) is 2.40. The molecule has 0 aliphatic carbocycles. The minimum atomic E-state index is 0.149. The van der Waals surface area contributed by atoms with E-state index in [1.807, 2.05) is 6.07 Å². The van der Waals surface area contributed by atoms with Crippen LogP contribution in [0.15, 0.2) is 22.8 Å². The predicted octanol–water partition coefficient (Wildman–Crippen LogP) is 2.60. The number of halogens is 1. The predicted molar refractivity (Wildman–Crippen MR) is 74.4 cm³/mol. The lowest BCUT2D eigenvalue weighted by Gasteiger charge is -2.16. The van der Waals surface area contributed by atoms with Gasteiger partial charge in [-0.2, -0.15) is 14.9 Å². The largest absolute Gasteiger partial charge is 0.383 e. The van der Waals surface area contributed by atoms with Crippen LogP contribution in [0.3, 0.4) is 0 Å². The molecule has 2 rings (SSSR count). The molecule has 0 aliphatic rings. The van der Waals surface area contributed by atoms with Crippen molar-refractivity contribution >= 4 is 21.7 Å². The highest BCUT2D eigenvalue weighted by molar-refractivity contribution is 9.10. The summed E-state index contributed by atoms with van der Waals surface area (Å²) in [5, 5.41) is 12.4. The van der Waals surface area contributed by atoms with E-state index in [-0.39, 0.29) is 5.41 Å². The average Bonchev–Trinajstić information content (AvgIpc) is 2.57. The summed E-state index contributed by atoms with van der Waals surface area (Å²) in [5.41, 5.74) is 7.13. The molecule has 2 heterocycles. The van der Waals surface area contributed by atoms with E-state index in [9.17, 15) is 0 Å². The Bertz CT molecular complexity index is 542. The summed E-state index contributed by atoms with van der Waals surface area (Å²) >= 11 is 3.49. The first kappa shape index (κ1) is 13.0. The summed E-state index contributed by atoms with van der Waals surface area (Å²) in [6.45, 7) is 6.49. The van der Waals surface area contributed by atoms with Crippen LogP contribution in [0.25, 0.3) is 5.82 Å². The van der Waals surface area contributed by atoms with Gasteiger partial charge in [-0.05, 0) is 39.9 Å². The molecular weight excluding hydrogens is 294 g/mol. The number of nitrogens with two attached hydrogens (primary N) is 1. The van der Waals surface area contributed by atoms with Gasteiger partial charge in [0.15, 0.2) is 5.82 Å². The maximum absolute atomic E-state index is 6.04. The van der Waals surface area contributed by atoms with Crippen molar-refractivity contribution < 1.29 is 0 Å². The second kappa shape index (κ2) is 4.68. The van der Waals surface area contributed by atoms with Gasteiger partial charge in [0, 0.05) is 6.20 Å². The highest BCUT2D eigenvalue weighted by atomic mass is 79.9. The van der Waals surface area contributed by atoms with Crippen LogP contribution in [0.5, 0.6) is 0 Å². The first-order valence-corrected chi connectivity index (χ1v) is 6.49. The van der Waals surface area contributed by atoms with Gasteiger partial charge in [-0.1, -0.05) is 20.8 Å². The number of aromatic nitrogens is 4. The SMILES string of the molecule is CC(C)(C)Cc1nn(-c2cccnn2)c(N)c1Br. The van der Waals surface area contributed by atoms with Crippen LogP contribution in [0.4, 0.5) is 5.82 Å². The van der Waals surface area contributed by atoms with Crippen molar-refractivity contribution in [3.8, 4) is 5.82 Å². The van der Waals surface area contributed by atoms with Crippen molar-refractivity contribution in [1.82, 2.24) is 20.0 Å². The minimum Gasteiger partial charge on any atom is -0.383 e. The van der Waals surface area contributed by atoms with Crippen molar-refractivity contribution in [1.29, 1.82) is 0 Å². The van der Waals surface area contributed by atoms with Gasteiger partial charge < -0.3 is 5.73 Å². The van der Waals surface area contributed by atoms with Crippen LogP contribution in [0, 0.1) is 5.41 Å². The molecule has 0 spiro atoms. The number of nitrogens with zero attached hydrogens (tertiary/aromatic N) is 4. The Morgan fingerprint density at radius 3 is 2.67 bits per heavy atom. The van der Waals surface area contributed by atoms with E-state index in [4.69, 9.17) is 5.73 Å². The van der Waals surface area contributed by atoms with Crippen LogP contribution in [0.2, 0.25) is 0 Å². The Hall–Kier alpha value is -1.43. The van der Waals surface area contributed by atoms with E-state index in [2.05, 4.69) is 52.0 Å². The first-order valence-electron chi connectivity index (χ1n) is 5.69. The number of nitrogen functional groups attached to an aromatic ring is 1. The van der Waals surface area contributed by atoms with Gasteiger partial charge in [0.25, 0.3) is 0 Å². The van der Waals surface area contributed by atoms with Gasteiger partial charge in [-0.25, -0.2) is 0 Å². The summed E-state index contributed by atoms with van der Waals surface area (Å²) < 4.78 is 2.45. The zero-order chi connectivity index (χ0) is 13.3. The van der Waals surface area contributed by atoms with Crippen LogP contribution < -0.4 is 5.73 Å². The van der Waals surface area contributed by atoms with Gasteiger partial charge in [-0.15, -0.1) is 5.10 Å². The van der Waals surface area contributed by atoms with E-state index >= 15 is 0 Å². The molecule has 5 nitrogen and oxygen atoms in total. The average molecular weight is 310 g/mol. The van der Waals surface area contributed by atoms with E-state index in [0.717, 1.165) is 16.6 Å². The van der Waals surface area contributed by atoms with Crippen LogP contribution in [-0.2, 0) is 6.42 Å². The summed E-state index contributed by atoms with van der Waals surface area (Å²) in [6, 6.07) is 3.63. The minimum absolute atomic E-state index is 0.149. The molecule has 0 saturated heterocycles. The lowest BCUT2D eigenvalue weighted by Crippen LogP contribution is -2.10. The molecule has 0 aliphatic heterocycles. The van der Waals surface area contributed by atoms with E-state index in [1.54, 1.807) is 16.9 Å². The zero-order valence-electron chi connectivity index (χ0n) is 10.7. The smallest absolute Gasteiger partial charge is 0.178 e. The molecule has 2 N–H and O–H groups in total. The Balaban J connectivity index is 2.43. The third kappa shape index (κ3) is 2.69. The van der Waals surface area contributed by atoms with Crippen molar-refractivity contribution in [2.45, 2.75) is 27.2 Å². The topological polar surface area (TPSA) is 69.6 Å². The second-order valence-electron chi connectivity index (χ2n) is 5.38. The molecule has 2 aromatic rings. The zero-order valence-corrected chi connectivity index (χ0v) is 12.3. The fourth-order valence-corrected chi connectivity index (χ4v) is 2.04. The molecule has 0 saturated carbocycles. The molecule has 6 heteroatoms. The molecule has 96 valence electrons. The van der Waals surface area contributed by atoms with Gasteiger partial charge >= 0.3 is 0 Å². The molecule has 0 bridgehead atoms. The number of rotatable bonds is 2. The van der Waals surface area contributed by atoms with Crippen molar-refractivity contribution in [3.63, 3.8) is 0 Å². The fraction of sp³-hybridized carbons (Fsp3) is 0.417. The summed E-state index contributed by atoms with van der Waals surface area (Å²) in [6.07, 6.45) is 2.46. The monoisotopic (exact) mass is 309 g/mol. The molecule has 0 radical (unpaired) electrons. The Labute approximate surface area is 115 Å². The maximum atomic E-state index is 6.04. The standard InChI is InChI=1S/C12H16BrN5/c1-12(2,3)7-8-10(13)11(14)18(17-8)9-5-4-6-15-16-9/h4-6H,7,14H2,1-3H3. The number of hydrogen-bond acceptors (Lipinski definition) is 4. The molecule has 0 amide bonds. The Morgan fingerprint density at radius 2 is 2.11 bits per heavy atom. The van der Waals surface area contributed by atoms with Crippen LogP contribution >= 0.6 is 15.9 Å². The van der Waals surface area contributed by atoms with Crippen molar-refractivity contribution in [2.24, 2.45) is 5.41 Å². The van der Waals surface area contributed by atoms with Gasteiger partial charge in [0.2, 0.25) is 0 Å². The van der Waals surface area contributed by atoms with E-state index in [1.165, 1.54) is 0 Å². The third-order valence-corrected chi connectivity index (χ3v) is 3.26. The van der Waals surface area contributed by atoms with Crippen LogP contribution in [0.1, 0.15) is 26.5 Å². The summed E-state index contributed by atoms with van der Waals surface area (Å²) in [5.74, 6) is 1.17. The highest BCUT2D eigenvalue weighted by Crippen LogP contribution is 2.30. The number of hydrogen-bond donors (Lipinski definition) is 1. The molecule has 0 fully saturated rings. The van der Waals surface area contributed by atoms with Gasteiger partial charge in [-0.3, -0.25) is 0 Å². The Kier molecular flexibility index (Phi) is 3.38. The highest BCUT2D eigenvalue weighted by Gasteiger charge is 2.20. The molecule has 0 aromatic carbocycles. The van der Waals surface area contributed by atoms with Crippen molar-refractivity contribution in [3.05, 3.63) is 28.5 Å². The quantitative estimate of drug-likeness (QED) is 0.925.